The van der Waals surface area contributed by atoms with Crippen molar-refractivity contribution >= 4 is 17.9 Å². The van der Waals surface area contributed by atoms with Gasteiger partial charge in [0.1, 0.15) is 13.2 Å². The zero-order valence-corrected chi connectivity index (χ0v) is 39.8. The van der Waals surface area contributed by atoms with Gasteiger partial charge in [0.25, 0.3) is 0 Å². The highest BCUT2D eigenvalue weighted by molar-refractivity contribution is 5.71. The van der Waals surface area contributed by atoms with Gasteiger partial charge in [0.05, 0.1) is 0 Å². The minimum Gasteiger partial charge on any atom is -0.462 e. The number of allylic oxidation sites excluding steroid dienone is 2. The molecule has 0 aliphatic carbocycles. The van der Waals surface area contributed by atoms with E-state index in [1.54, 1.807) is 0 Å². The molecule has 0 rings (SSSR count). The minimum atomic E-state index is -0.766. The average Bonchev–Trinajstić information content (AvgIpc) is 3.23. The summed E-state index contributed by atoms with van der Waals surface area (Å²) in [7, 11) is 0. The zero-order chi connectivity index (χ0) is 43.0. The van der Waals surface area contributed by atoms with Crippen LogP contribution in [0, 0.1) is 0 Å². The van der Waals surface area contributed by atoms with Gasteiger partial charge in [0.15, 0.2) is 6.10 Å². The Morgan fingerprint density at radius 2 is 0.559 bits per heavy atom. The fourth-order valence-corrected chi connectivity index (χ4v) is 7.79. The van der Waals surface area contributed by atoms with Crippen LogP contribution in [0.1, 0.15) is 290 Å². The maximum absolute atomic E-state index is 12.8. The Hall–Kier alpha value is -1.85. The predicted molar refractivity (Wildman–Crippen MR) is 252 cm³/mol. The van der Waals surface area contributed by atoms with Crippen LogP contribution in [0.3, 0.4) is 0 Å². The molecule has 348 valence electrons. The quantitative estimate of drug-likeness (QED) is 0.0263. The number of rotatable bonds is 48. The topological polar surface area (TPSA) is 78.9 Å². The number of hydrogen-bond donors (Lipinski definition) is 0. The fourth-order valence-electron chi connectivity index (χ4n) is 7.79. The Bertz CT molecular complexity index is 916. The Morgan fingerprint density at radius 1 is 0.322 bits per heavy atom. The van der Waals surface area contributed by atoms with Gasteiger partial charge in [-0.1, -0.05) is 238 Å². The average molecular weight is 833 g/mol. The largest absolute Gasteiger partial charge is 0.462 e. The van der Waals surface area contributed by atoms with Gasteiger partial charge >= 0.3 is 17.9 Å². The maximum atomic E-state index is 12.8. The van der Waals surface area contributed by atoms with Crippen LogP contribution >= 0.6 is 0 Å². The van der Waals surface area contributed by atoms with E-state index in [-0.39, 0.29) is 31.1 Å². The summed E-state index contributed by atoms with van der Waals surface area (Å²) in [5.74, 6) is -0.859. The molecule has 0 spiro atoms. The van der Waals surface area contributed by atoms with E-state index in [2.05, 4.69) is 32.9 Å². The molecule has 0 aliphatic rings. The molecule has 1 atom stereocenters. The summed E-state index contributed by atoms with van der Waals surface area (Å²) in [6.45, 7) is 6.66. The Kier molecular flexibility index (Phi) is 47.3. The first-order valence-corrected chi connectivity index (χ1v) is 26.2. The summed E-state index contributed by atoms with van der Waals surface area (Å²) in [6, 6.07) is 0. The van der Waals surface area contributed by atoms with E-state index in [9.17, 15) is 14.4 Å². The first kappa shape index (κ1) is 57.1. The van der Waals surface area contributed by atoms with Crippen molar-refractivity contribution < 1.29 is 28.6 Å². The summed E-state index contributed by atoms with van der Waals surface area (Å²) in [6.07, 6.45) is 53.3. The molecule has 0 saturated heterocycles. The standard InChI is InChI=1S/C53H100O6/c1-4-7-10-13-16-19-22-25-26-29-31-34-37-40-43-46-52(55)58-49-50(59-53(56)47-44-41-38-35-32-28-24-21-18-15-12-9-6-3)48-57-51(54)45-42-39-36-33-30-27-23-20-17-14-11-8-5-2/h25-26,50H,4-24,27-49H2,1-3H3/b26-25+/t50-/m1/s1. The second-order valence-corrected chi connectivity index (χ2v) is 17.8. The summed E-state index contributed by atoms with van der Waals surface area (Å²) in [5.41, 5.74) is 0. The number of ether oxygens (including phenoxy) is 3. The van der Waals surface area contributed by atoms with E-state index in [0.29, 0.717) is 19.3 Å². The van der Waals surface area contributed by atoms with Gasteiger partial charge in [-0.3, -0.25) is 14.4 Å². The molecule has 0 heterocycles. The third kappa shape index (κ3) is 47.1. The van der Waals surface area contributed by atoms with E-state index in [1.807, 2.05) is 0 Å². The van der Waals surface area contributed by atoms with Crippen molar-refractivity contribution in [2.75, 3.05) is 13.2 Å². The molecule has 0 saturated carbocycles. The lowest BCUT2D eigenvalue weighted by Gasteiger charge is -2.18. The number of carbonyl (C=O) groups excluding carboxylic acids is 3. The second-order valence-electron chi connectivity index (χ2n) is 17.8. The maximum Gasteiger partial charge on any atom is 0.306 e. The molecular weight excluding hydrogens is 733 g/mol. The third-order valence-electron chi connectivity index (χ3n) is 11.8. The third-order valence-corrected chi connectivity index (χ3v) is 11.8. The van der Waals surface area contributed by atoms with Gasteiger partial charge in [0, 0.05) is 19.3 Å². The molecule has 0 aromatic heterocycles. The summed E-state index contributed by atoms with van der Waals surface area (Å²) >= 11 is 0. The molecule has 0 unspecified atom stereocenters. The smallest absolute Gasteiger partial charge is 0.306 e. The second kappa shape index (κ2) is 48.8. The van der Waals surface area contributed by atoms with E-state index < -0.39 is 6.10 Å². The van der Waals surface area contributed by atoms with Gasteiger partial charge in [0.2, 0.25) is 0 Å². The van der Waals surface area contributed by atoms with Crippen molar-refractivity contribution in [3.8, 4) is 0 Å². The minimum absolute atomic E-state index is 0.0672. The molecule has 0 fully saturated rings. The summed E-state index contributed by atoms with van der Waals surface area (Å²) in [4.78, 5) is 37.9. The highest BCUT2D eigenvalue weighted by Gasteiger charge is 2.19. The molecule has 0 aromatic carbocycles. The van der Waals surface area contributed by atoms with Gasteiger partial charge in [-0.2, -0.15) is 0 Å². The van der Waals surface area contributed by atoms with Crippen LogP contribution in [0.4, 0.5) is 0 Å². The number of unbranched alkanes of at least 4 members (excludes halogenated alkanes) is 35. The van der Waals surface area contributed by atoms with Gasteiger partial charge in [-0.25, -0.2) is 0 Å². The van der Waals surface area contributed by atoms with E-state index in [4.69, 9.17) is 14.2 Å². The van der Waals surface area contributed by atoms with Crippen molar-refractivity contribution in [1.29, 1.82) is 0 Å². The van der Waals surface area contributed by atoms with E-state index >= 15 is 0 Å². The van der Waals surface area contributed by atoms with Crippen LogP contribution < -0.4 is 0 Å². The van der Waals surface area contributed by atoms with Gasteiger partial charge in [-0.15, -0.1) is 0 Å². The predicted octanol–water partition coefficient (Wildman–Crippen LogP) is 17.0. The molecular formula is C53H100O6. The molecule has 0 aromatic rings. The zero-order valence-electron chi connectivity index (χ0n) is 39.8. The van der Waals surface area contributed by atoms with Crippen LogP contribution in [0.2, 0.25) is 0 Å². The normalized spacial score (nSPS) is 12.0. The van der Waals surface area contributed by atoms with Crippen LogP contribution in [0.25, 0.3) is 0 Å². The Balaban J connectivity index is 4.33. The molecule has 6 heteroatoms. The monoisotopic (exact) mass is 833 g/mol. The lowest BCUT2D eigenvalue weighted by molar-refractivity contribution is -0.167. The molecule has 6 nitrogen and oxygen atoms in total. The first-order chi connectivity index (χ1) is 29.0. The first-order valence-electron chi connectivity index (χ1n) is 26.2. The van der Waals surface area contributed by atoms with Gasteiger partial charge < -0.3 is 14.2 Å². The van der Waals surface area contributed by atoms with Crippen LogP contribution in [0.15, 0.2) is 12.2 Å². The number of carbonyl (C=O) groups is 3. The van der Waals surface area contributed by atoms with Crippen molar-refractivity contribution in [3.05, 3.63) is 12.2 Å². The van der Waals surface area contributed by atoms with Crippen LogP contribution in [-0.2, 0) is 28.6 Å². The highest BCUT2D eigenvalue weighted by Crippen LogP contribution is 2.16. The molecule has 0 bridgehead atoms. The SMILES string of the molecule is CCCCCCCC/C=C/CCCCCCCC(=O)OC[C@@H](COC(=O)CCCCCCCCCCCCCCC)OC(=O)CCCCCCCCCCCCCCC. The molecule has 59 heavy (non-hydrogen) atoms. The number of esters is 3. The van der Waals surface area contributed by atoms with Crippen LogP contribution in [-0.4, -0.2) is 37.2 Å². The fraction of sp³-hybridized carbons (Fsp3) is 0.906. The summed E-state index contributed by atoms with van der Waals surface area (Å²) < 4.78 is 16.8. The Morgan fingerprint density at radius 3 is 0.847 bits per heavy atom. The highest BCUT2D eigenvalue weighted by atomic mass is 16.6. The molecule has 0 N–H and O–H groups in total. The molecule has 0 amide bonds. The lowest BCUT2D eigenvalue weighted by atomic mass is 10.0. The molecule has 0 radical (unpaired) electrons. The number of hydrogen-bond acceptors (Lipinski definition) is 6. The Labute approximate surface area is 367 Å². The van der Waals surface area contributed by atoms with Crippen molar-refractivity contribution in [1.82, 2.24) is 0 Å². The van der Waals surface area contributed by atoms with E-state index in [0.717, 1.165) is 64.2 Å². The van der Waals surface area contributed by atoms with Crippen molar-refractivity contribution in [2.24, 2.45) is 0 Å². The van der Waals surface area contributed by atoms with Crippen LogP contribution in [0.5, 0.6) is 0 Å². The van der Waals surface area contributed by atoms with E-state index in [1.165, 1.54) is 186 Å². The van der Waals surface area contributed by atoms with Crippen molar-refractivity contribution in [2.45, 2.75) is 297 Å². The lowest BCUT2D eigenvalue weighted by Crippen LogP contribution is -2.30. The van der Waals surface area contributed by atoms with Crippen molar-refractivity contribution in [3.63, 3.8) is 0 Å². The summed E-state index contributed by atoms with van der Waals surface area (Å²) in [5, 5.41) is 0. The molecule has 0 aliphatic heterocycles. The van der Waals surface area contributed by atoms with Gasteiger partial charge in [-0.05, 0) is 44.9 Å².